The quantitative estimate of drug-likeness (QED) is 0.817. The average molecular weight is 330 g/mol. The number of para-hydroxylation sites is 1. The van der Waals surface area contributed by atoms with Crippen LogP contribution in [0.3, 0.4) is 0 Å². The molecule has 0 aliphatic rings. The lowest BCUT2D eigenvalue weighted by Gasteiger charge is -2.23. The Bertz CT molecular complexity index is 709. The molecule has 0 saturated carbocycles. The highest BCUT2D eigenvalue weighted by Gasteiger charge is 2.17. The SMILES string of the molecule is CCCN(Cc1ccccc1O)C(=O)CNC(=O)c1ccoc1C. The standard InChI is InChI=1S/C18H22N2O4/c1-3-9-20(12-14-6-4-5-7-16(14)21)17(22)11-19-18(23)15-8-10-24-13(15)2/h4-8,10,21H,3,9,11-12H2,1-2H3,(H,19,23). The Morgan fingerprint density at radius 2 is 2.00 bits per heavy atom. The maximum absolute atomic E-state index is 12.4. The minimum atomic E-state index is -0.339. The molecular formula is C18H22N2O4. The predicted octanol–water partition coefficient (Wildman–Crippen LogP) is 2.46. The molecule has 0 spiro atoms. The van der Waals surface area contributed by atoms with Gasteiger partial charge < -0.3 is 19.7 Å². The molecule has 0 fully saturated rings. The van der Waals surface area contributed by atoms with E-state index in [0.29, 0.717) is 30.0 Å². The number of aryl methyl sites for hydroxylation is 1. The van der Waals surface area contributed by atoms with Crippen molar-refractivity contribution in [3.8, 4) is 5.75 Å². The van der Waals surface area contributed by atoms with E-state index in [1.165, 1.54) is 6.26 Å². The highest BCUT2D eigenvalue weighted by molar-refractivity contribution is 5.97. The predicted molar refractivity (Wildman–Crippen MR) is 89.6 cm³/mol. The van der Waals surface area contributed by atoms with Crippen molar-refractivity contribution in [2.24, 2.45) is 0 Å². The van der Waals surface area contributed by atoms with Crippen LogP contribution in [0.2, 0.25) is 0 Å². The van der Waals surface area contributed by atoms with E-state index in [4.69, 9.17) is 4.42 Å². The van der Waals surface area contributed by atoms with Gasteiger partial charge in [-0.3, -0.25) is 9.59 Å². The summed E-state index contributed by atoms with van der Waals surface area (Å²) < 4.78 is 5.09. The Morgan fingerprint density at radius 1 is 1.25 bits per heavy atom. The number of nitrogens with one attached hydrogen (secondary N) is 1. The smallest absolute Gasteiger partial charge is 0.255 e. The topological polar surface area (TPSA) is 82.8 Å². The first-order chi connectivity index (χ1) is 11.5. The van der Waals surface area contributed by atoms with Gasteiger partial charge >= 0.3 is 0 Å². The summed E-state index contributed by atoms with van der Waals surface area (Å²) in [4.78, 5) is 26.1. The van der Waals surface area contributed by atoms with Crippen molar-refractivity contribution in [1.82, 2.24) is 10.2 Å². The lowest BCUT2D eigenvalue weighted by atomic mass is 10.2. The first kappa shape index (κ1) is 17.6. The van der Waals surface area contributed by atoms with Crippen molar-refractivity contribution < 1.29 is 19.1 Å². The Balaban J connectivity index is 1.97. The largest absolute Gasteiger partial charge is 0.508 e. The third kappa shape index (κ3) is 4.38. The highest BCUT2D eigenvalue weighted by Crippen LogP contribution is 2.18. The molecule has 1 heterocycles. The first-order valence-corrected chi connectivity index (χ1v) is 7.89. The Morgan fingerprint density at radius 3 is 2.62 bits per heavy atom. The molecule has 2 aromatic rings. The van der Waals surface area contributed by atoms with Crippen LogP contribution in [0.5, 0.6) is 5.75 Å². The zero-order valence-electron chi connectivity index (χ0n) is 13.9. The van der Waals surface area contributed by atoms with Crippen LogP contribution >= 0.6 is 0 Å². The summed E-state index contributed by atoms with van der Waals surface area (Å²) in [6, 6.07) is 8.48. The number of nitrogens with zero attached hydrogens (tertiary/aromatic N) is 1. The van der Waals surface area contributed by atoms with Gasteiger partial charge in [-0.25, -0.2) is 0 Å². The molecule has 2 rings (SSSR count). The van der Waals surface area contributed by atoms with Crippen LogP contribution in [0.25, 0.3) is 0 Å². The molecule has 0 aliphatic heterocycles. The van der Waals surface area contributed by atoms with Gasteiger partial charge in [0, 0.05) is 18.7 Å². The molecule has 0 atom stereocenters. The fourth-order valence-corrected chi connectivity index (χ4v) is 2.40. The van der Waals surface area contributed by atoms with Gasteiger partial charge in [0.25, 0.3) is 5.91 Å². The first-order valence-electron chi connectivity index (χ1n) is 7.89. The summed E-state index contributed by atoms with van der Waals surface area (Å²) in [7, 11) is 0. The van der Waals surface area contributed by atoms with Crippen molar-refractivity contribution in [3.05, 3.63) is 53.5 Å². The number of carbonyl (C=O) groups excluding carboxylic acids is 2. The van der Waals surface area contributed by atoms with E-state index in [-0.39, 0.29) is 24.1 Å². The minimum Gasteiger partial charge on any atom is -0.508 e. The van der Waals surface area contributed by atoms with Crippen LogP contribution in [-0.4, -0.2) is 34.9 Å². The van der Waals surface area contributed by atoms with Gasteiger partial charge in [0.05, 0.1) is 18.4 Å². The van der Waals surface area contributed by atoms with E-state index in [9.17, 15) is 14.7 Å². The Kier molecular flexibility index (Phi) is 6.01. The van der Waals surface area contributed by atoms with Crippen LogP contribution in [0.1, 0.15) is 35.0 Å². The molecule has 128 valence electrons. The van der Waals surface area contributed by atoms with E-state index in [2.05, 4.69) is 5.32 Å². The van der Waals surface area contributed by atoms with Crippen LogP contribution in [0, 0.1) is 6.92 Å². The van der Waals surface area contributed by atoms with Gasteiger partial charge in [-0.2, -0.15) is 0 Å². The number of amides is 2. The monoisotopic (exact) mass is 330 g/mol. The number of carbonyl (C=O) groups is 2. The van der Waals surface area contributed by atoms with E-state index in [1.807, 2.05) is 13.0 Å². The molecule has 24 heavy (non-hydrogen) atoms. The number of benzene rings is 1. The maximum Gasteiger partial charge on any atom is 0.255 e. The van der Waals surface area contributed by atoms with Gasteiger partial charge in [0.2, 0.25) is 5.91 Å². The van der Waals surface area contributed by atoms with Gasteiger partial charge in [0.15, 0.2) is 0 Å². The lowest BCUT2D eigenvalue weighted by Crippen LogP contribution is -2.40. The summed E-state index contributed by atoms with van der Waals surface area (Å²) in [6.07, 6.45) is 2.22. The number of furan rings is 1. The highest BCUT2D eigenvalue weighted by atomic mass is 16.3. The van der Waals surface area contributed by atoms with Crippen molar-refractivity contribution in [1.29, 1.82) is 0 Å². The molecule has 1 aromatic heterocycles. The second-order valence-electron chi connectivity index (χ2n) is 5.52. The molecule has 2 amide bonds. The zero-order chi connectivity index (χ0) is 17.5. The number of phenols is 1. The van der Waals surface area contributed by atoms with Crippen molar-refractivity contribution in [2.45, 2.75) is 26.8 Å². The van der Waals surface area contributed by atoms with Gasteiger partial charge in [-0.15, -0.1) is 0 Å². The summed E-state index contributed by atoms with van der Waals surface area (Å²) >= 11 is 0. The number of rotatable bonds is 7. The Labute approximate surface area is 141 Å². The lowest BCUT2D eigenvalue weighted by molar-refractivity contribution is -0.130. The molecule has 2 N–H and O–H groups in total. The normalized spacial score (nSPS) is 10.4. The molecule has 0 bridgehead atoms. The van der Waals surface area contributed by atoms with E-state index >= 15 is 0 Å². The third-order valence-electron chi connectivity index (χ3n) is 3.70. The van der Waals surface area contributed by atoms with Crippen LogP contribution < -0.4 is 5.32 Å². The zero-order valence-corrected chi connectivity index (χ0v) is 13.9. The van der Waals surface area contributed by atoms with Crippen LogP contribution in [0.15, 0.2) is 41.0 Å². The average Bonchev–Trinajstić information content (AvgIpc) is 3.00. The number of aromatic hydroxyl groups is 1. The molecule has 0 aliphatic carbocycles. The van der Waals surface area contributed by atoms with Crippen molar-refractivity contribution >= 4 is 11.8 Å². The molecule has 6 nitrogen and oxygen atoms in total. The number of hydrogen-bond acceptors (Lipinski definition) is 4. The second-order valence-corrected chi connectivity index (χ2v) is 5.52. The summed E-state index contributed by atoms with van der Waals surface area (Å²) in [6.45, 7) is 4.42. The van der Waals surface area contributed by atoms with Crippen LogP contribution in [-0.2, 0) is 11.3 Å². The summed E-state index contributed by atoms with van der Waals surface area (Å²) in [5.41, 5.74) is 1.10. The molecular weight excluding hydrogens is 308 g/mol. The van der Waals surface area contributed by atoms with E-state index in [0.717, 1.165) is 6.42 Å². The van der Waals surface area contributed by atoms with Crippen molar-refractivity contribution in [3.63, 3.8) is 0 Å². The van der Waals surface area contributed by atoms with Gasteiger partial charge in [-0.1, -0.05) is 25.1 Å². The van der Waals surface area contributed by atoms with Gasteiger partial charge in [0.1, 0.15) is 11.5 Å². The van der Waals surface area contributed by atoms with Crippen molar-refractivity contribution in [2.75, 3.05) is 13.1 Å². The number of hydrogen-bond donors (Lipinski definition) is 2. The second kappa shape index (κ2) is 8.19. The third-order valence-corrected chi connectivity index (χ3v) is 3.70. The van der Waals surface area contributed by atoms with Crippen LogP contribution in [0.4, 0.5) is 0 Å². The summed E-state index contributed by atoms with van der Waals surface area (Å²) in [5, 5.41) is 12.5. The molecule has 0 saturated heterocycles. The van der Waals surface area contributed by atoms with E-state index in [1.54, 1.807) is 36.1 Å². The molecule has 1 aromatic carbocycles. The molecule has 0 radical (unpaired) electrons. The number of phenolic OH excluding ortho intramolecular Hbond substituents is 1. The fraction of sp³-hybridized carbons (Fsp3) is 0.333. The maximum atomic E-state index is 12.4. The van der Waals surface area contributed by atoms with E-state index < -0.39 is 0 Å². The minimum absolute atomic E-state index is 0.100. The Hall–Kier alpha value is -2.76. The molecule has 0 unspecified atom stereocenters. The molecule has 6 heteroatoms. The fourth-order valence-electron chi connectivity index (χ4n) is 2.40. The summed E-state index contributed by atoms with van der Waals surface area (Å²) in [5.74, 6) is 0.132. The van der Waals surface area contributed by atoms with Gasteiger partial charge in [-0.05, 0) is 25.5 Å².